The van der Waals surface area contributed by atoms with E-state index in [1.165, 1.54) is 0 Å². The zero-order valence-electron chi connectivity index (χ0n) is 12.4. The van der Waals surface area contributed by atoms with Crippen LogP contribution in [0.1, 0.15) is 0 Å². The molecule has 0 radical (unpaired) electrons. The van der Waals surface area contributed by atoms with Crippen LogP contribution in [0.2, 0.25) is 0 Å². The van der Waals surface area contributed by atoms with E-state index in [9.17, 15) is 0 Å². The first-order chi connectivity index (χ1) is 11.7. The third kappa shape index (κ3) is 39600. The van der Waals surface area contributed by atoms with Crippen LogP contribution in [0.25, 0.3) is 0 Å². The van der Waals surface area contributed by atoms with Crippen LogP contribution in [-0.4, -0.2) is 82.9 Å². The van der Waals surface area contributed by atoms with E-state index >= 15 is 0 Å². The highest BCUT2D eigenvalue weighted by Crippen LogP contribution is 1.63. The lowest BCUT2D eigenvalue weighted by Crippen LogP contribution is -1.86. The molecule has 0 saturated carbocycles. The van der Waals surface area contributed by atoms with Crippen LogP contribution in [0.15, 0.2) is 0 Å². The molecule has 29 heavy (non-hydrogen) atoms. The molecule has 0 aliphatic heterocycles. The first-order valence-electron chi connectivity index (χ1n) is 4.14. The molecule has 0 aromatic carbocycles. The molecular weight excluding hydrogens is 621 g/mol. The summed E-state index contributed by atoms with van der Waals surface area (Å²) in [4.78, 5) is 8.56. The van der Waals surface area contributed by atoms with Gasteiger partial charge in [-0.15, -0.1) is 0 Å². The van der Waals surface area contributed by atoms with Gasteiger partial charge in [-0.1, -0.05) is 0 Å². The smallest absolute Gasteiger partial charge is 0.450 e. The van der Waals surface area contributed by atoms with Gasteiger partial charge < -0.3 is 10.2 Å². The fourth-order valence-corrected chi connectivity index (χ4v) is 0. The monoisotopic (exact) mass is 632 g/mol. The van der Waals surface area contributed by atoms with Gasteiger partial charge in [-0.25, -0.2) is 4.79 Å². The second-order valence-electron chi connectivity index (χ2n) is 2.52. The van der Waals surface area contributed by atoms with Crippen molar-refractivity contribution < 1.29 is 81.6 Å². The van der Waals surface area contributed by atoms with Crippen molar-refractivity contribution in [3.8, 4) is 0 Å². The van der Waals surface area contributed by atoms with Gasteiger partial charge in [0.2, 0.25) is 0 Å². The summed E-state index contributed by atoms with van der Waals surface area (Å²) in [5, 5.41) is 13.9. The van der Waals surface area contributed by atoms with Crippen LogP contribution in [-0.2, 0) is 101 Å². The molecular formula is CH12O18S10. The molecule has 28 heteroatoms. The van der Waals surface area contributed by atoms with E-state index in [2.05, 4.69) is 55.9 Å². The summed E-state index contributed by atoms with van der Waals surface area (Å²) in [7, 11) is -19.2. The van der Waals surface area contributed by atoms with Crippen LogP contribution < -0.4 is 0 Å². The van der Waals surface area contributed by atoms with Gasteiger partial charge in [0.15, 0.2) is 0 Å². The van der Waals surface area contributed by atoms with Crippen LogP contribution >= 0.6 is 0 Å². The maximum absolute atomic E-state index is 9.11. The van der Waals surface area contributed by atoms with Gasteiger partial charge in [0.1, 0.15) is 0 Å². The van der Waals surface area contributed by atoms with Crippen molar-refractivity contribution in [2.24, 2.45) is 0 Å². The Morgan fingerprint density at radius 1 is 0.414 bits per heavy atom. The minimum absolute atomic E-state index is 1.83. The van der Waals surface area contributed by atoms with Gasteiger partial charge in [0, 0.05) is 55.9 Å². The van der Waals surface area contributed by atoms with E-state index in [0.29, 0.717) is 0 Å². The second-order valence-corrected chi connectivity index (χ2v) is 13.5. The Labute approximate surface area is 187 Å². The normalized spacial score (nSPS) is 10.8. The third-order valence-electron chi connectivity index (χ3n) is 0. The molecule has 0 fully saturated rings. The van der Waals surface area contributed by atoms with Gasteiger partial charge in [-0.05, 0) is 0 Å². The van der Waals surface area contributed by atoms with Crippen LogP contribution in [0.5, 0.6) is 0 Å². The molecule has 0 amide bonds. The lowest BCUT2D eigenvalue weighted by Gasteiger charge is -1.73. The zero-order valence-corrected chi connectivity index (χ0v) is 20.6. The van der Waals surface area contributed by atoms with Crippen molar-refractivity contribution in [2.75, 3.05) is 0 Å². The van der Waals surface area contributed by atoms with Crippen molar-refractivity contribution in [2.45, 2.75) is 0 Å². The van der Waals surface area contributed by atoms with Gasteiger partial charge in [-0.3, -0.25) is 45.5 Å². The minimum atomic E-state index is -3.83. The molecule has 0 bridgehead atoms. The van der Waals surface area contributed by atoms with E-state index in [1.54, 1.807) is 0 Å². The van der Waals surface area contributed by atoms with Crippen molar-refractivity contribution in [1.82, 2.24) is 0 Å². The molecule has 0 aromatic rings. The average Bonchev–Trinajstić information content (AvgIpc) is 1.96. The van der Waals surface area contributed by atoms with Crippen LogP contribution in [0.4, 0.5) is 4.79 Å². The Balaban J connectivity index is -0.0000000548. The van der Waals surface area contributed by atoms with Crippen LogP contribution in [0, 0.1) is 0 Å². The largest absolute Gasteiger partial charge is 0.503 e. The summed E-state index contributed by atoms with van der Waals surface area (Å²) in [6.07, 6.45) is -1.83. The molecule has 0 atom stereocenters. The molecule has 0 aromatic heterocycles. The molecule has 0 heterocycles. The summed E-state index contributed by atoms with van der Waals surface area (Å²) in [5.41, 5.74) is 0. The van der Waals surface area contributed by atoms with Gasteiger partial charge in [-0.2, -0.15) is 21.0 Å². The number of carbonyl (C=O) groups is 1. The molecule has 18 nitrogen and oxygen atoms in total. The highest BCUT2D eigenvalue weighted by atomic mass is 32.9. The lowest BCUT2D eigenvalue weighted by atomic mass is 11.5. The number of carboxylic acid groups (broad SMARTS) is 2. The van der Waals surface area contributed by atoms with E-state index < -0.39 is 51.4 Å². The predicted octanol–water partition coefficient (Wildman–Crippen LogP) is -1.38. The molecule has 0 unspecified atom stereocenters. The molecule has 0 aliphatic carbocycles. The maximum atomic E-state index is 9.11. The molecule has 0 spiro atoms. The SMILES string of the molecule is O=C(O)O.O=S(O)(O)=S.O=S(O)(O)=S.O=S(O)(O)=S.O=S(O)(O)=S.O=S(O)(O)=S. The molecule has 0 aliphatic rings. The average molecular weight is 633 g/mol. The minimum Gasteiger partial charge on any atom is -0.450 e. The highest BCUT2D eigenvalue weighted by Gasteiger charge is 1.79. The Morgan fingerprint density at radius 2 is 0.414 bits per heavy atom. The summed E-state index contributed by atoms with van der Waals surface area (Å²) >= 11 is 17.3. The Hall–Kier alpha value is 0.720. The maximum Gasteiger partial charge on any atom is 0.503 e. The van der Waals surface area contributed by atoms with Gasteiger partial charge >= 0.3 is 6.16 Å². The number of hydrogen-bond acceptors (Lipinski definition) is 11. The van der Waals surface area contributed by atoms with Crippen LogP contribution in [0.3, 0.4) is 0 Å². The quantitative estimate of drug-likeness (QED) is 0.146. The summed E-state index contributed by atoms with van der Waals surface area (Å²) in [5.74, 6) is 0. The van der Waals surface area contributed by atoms with Crippen molar-refractivity contribution in [3.63, 3.8) is 0 Å². The van der Waals surface area contributed by atoms with Crippen molar-refractivity contribution >= 4 is 107 Å². The molecule has 0 rings (SSSR count). The lowest BCUT2D eigenvalue weighted by molar-refractivity contribution is 0.137. The van der Waals surface area contributed by atoms with E-state index in [-0.39, 0.29) is 0 Å². The zero-order chi connectivity index (χ0) is 26.1. The van der Waals surface area contributed by atoms with Gasteiger partial charge in [0.05, 0.1) is 0 Å². The Bertz CT molecular complexity index is 708. The first kappa shape index (κ1) is 43.6. The summed E-state index contributed by atoms with van der Waals surface area (Å²) in [6.45, 7) is 0. The molecule has 184 valence electrons. The highest BCUT2D eigenvalue weighted by molar-refractivity contribution is 8.27. The fraction of sp³-hybridized carbons (Fsp3) is 0. The summed E-state index contributed by atoms with van der Waals surface area (Å²) < 4.78 is 120. The Morgan fingerprint density at radius 3 is 0.414 bits per heavy atom. The fourth-order valence-electron chi connectivity index (χ4n) is 0. The van der Waals surface area contributed by atoms with E-state index in [1.807, 2.05) is 0 Å². The molecule has 12 N–H and O–H groups in total. The second kappa shape index (κ2) is 19.4. The summed E-state index contributed by atoms with van der Waals surface area (Å²) in [6, 6.07) is 0. The first-order valence-corrected chi connectivity index (χ1v) is 16.1. The number of hydrogen-bond donors (Lipinski definition) is 12. The van der Waals surface area contributed by atoms with Crippen molar-refractivity contribution in [3.05, 3.63) is 0 Å². The third-order valence-corrected chi connectivity index (χ3v) is 0. The predicted molar refractivity (Wildman–Crippen MR) is 114 cm³/mol. The standard InChI is InChI=1S/CH2O3.5H2O3S2/c2-1(3)4;5*1-5(2,3)4/h(H2,2,3,4);5*(H2,1,2,3,4). The van der Waals surface area contributed by atoms with E-state index in [0.717, 1.165) is 0 Å². The van der Waals surface area contributed by atoms with E-state index in [4.69, 9.17) is 81.6 Å². The van der Waals surface area contributed by atoms with Crippen molar-refractivity contribution in [1.29, 1.82) is 0 Å². The molecule has 0 saturated heterocycles. The Kier molecular flexibility index (Phi) is 29.2. The van der Waals surface area contributed by atoms with Gasteiger partial charge in [0.25, 0.3) is 45.3 Å². The number of rotatable bonds is 0. The topological polar surface area (TPSA) is 345 Å².